The zero-order valence-electron chi connectivity index (χ0n) is 13.4. The van der Waals surface area contributed by atoms with Crippen LogP contribution < -0.4 is 5.32 Å². The molecule has 3 heteroatoms. The number of para-hydroxylation sites is 2. The van der Waals surface area contributed by atoms with Gasteiger partial charge in [0.25, 0.3) is 0 Å². The summed E-state index contributed by atoms with van der Waals surface area (Å²) in [5, 5.41) is 3.88. The lowest BCUT2D eigenvalue weighted by molar-refractivity contribution is 0.167. The Hall–Kier alpha value is -1.74. The summed E-state index contributed by atoms with van der Waals surface area (Å²) in [6.45, 7) is 5.92. The molecule has 0 saturated carbocycles. The maximum atomic E-state index is 3.88. The molecule has 4 rings (SSSR count). The van der Waals surface area contributed by atoms with Crippen LogP contribution in [0.2, 0.25) is 0 Å². The zero-order chi connectivity index (χ0) is 15.0. The van der Waals surface area contributed by atoms with Crippen molar-refractivity contribution < 1.29 is 0 Å². The molecular formula is C19H25N3. The molecule has 1 spiro atoms. The molecule has 0 atom stereocenters. The molecule has 2 aromatic rings. The Bertz CT molecular complexity index is 650. The van der Waals surface area contributed by atoms with Crippen LogP contribution in [-0.4, -0.2) is 29.1 Å². The van der Waals surface area contributed by atoms with Gasteiger partial charge in [0.15, 0.2) is 0 Å². The highest BCUT2D eigenvalue weighted by Gasteiger charge is 2.41. The van der Waals surface area contributed by atoms with E-state index < -0.39 is 0 Å². The minimum atomic E-state index is 0.112. The number of anilines is 1. The van der Waals surface area contributed by atoms with E-state index in [1.54, 1.807) is 0 Å². The number of nitrogens with one attached hydrogen (secondary N) is 1. The smallest absolute Gasteiger partial charge is 0.0804 e. The summed E-state index contributed by atoms with van der Waals surface area (Å²) in [6, 6.07) is 13.1. The monoisotopic (exact) mass is 295 g/mol. The van der Waals surface area contributed by atoms with Crippen LogP contribution in [0, 0.1) is 0 Å². The Kier molecular flexibility index (Phi) is 3.45. The number of piperidine rings is 1. The molecule has 1 fully saturated rings. The molecule has 0 aliphatic carbocycles. The van der Waals surface area contributed by atoms with Gasteiger partial charge in [0, 0.05) is 25.0 Å². The molecule has 0 bridgehead atoms. The molecule has 3 heterocycles. The van der Waals surface area contributed by atoms with Gasteiger partial charge in [-0.15, -0.1) is 0 Å². The number of nitrogens with zero attached hydrogens (tertiary/aromatic N) is 2. The van der Waals surface area contributed by atoms with E-state index in [0.29, 0.717) is 0 Å². The maximum absolute atomic E-state index is 3.88. The van der Waals surface area contributed by atoms with E-state index in [4.69, 9.17) is 0 Å². The van der Waals surface area contributed by atoms with Crippen LogP contribution in [0.15, 0.2) is 42.6 Å². The van der Waals surface area contributed by atoms with E-state index in [9.17, 15) is 0 Å². The lowest BCUT2D eigenvalue weighted by Crippen LogP contribution is -2.49. The fourth-order valence-corrected chi connectivity index (χ4v) is 4.01. The van der Waals surface area contributed by atoms with Gasteiger partial charge in [-0.3, -0.25) is 0 Å². The second kappa shape index (κ2) is 5.47. The average Bonchev–Trinajstić information content (AvgIpc) is 3.06. The highest BCUT2D eigenvalue weighted by atomic mass is 15.2. The van der Waals surface area contributed by atoms with Crippen LogP contribution in [-0.2, 0) is 5.54 Å². The minimum Gasteiger partial charge on any atom is -0.372 e. The highest BCUT2D eigenvalue weighted by molar-refractivity contribution is 5.66. The topological polar surface area (TPSA) is 20.2 Å². The van der Waals surface area contributed by atoms with Crippen molar-refractivity contribution in [3.8, 4) is 5.69 Å². The van der Waals surface area contributed by atoms with Gasteiger partial charge in [-0.05, 0) is 50.1 Å². The number of hydrogen-bond acceptors (Lipinski definition) is 2. The molecule has 116 valence electrons. The third kappa shape index (κ3) is 2.15. The zero-order valence-corrected chi connectivity index (χ0v) is 13.4. The highest BCUT2D eigenvalue weighted by Crippen LogP contribution is 2.43. The summed E-state index contributed by atoms with van der Waals surface area (Å²) in [4.78, 5) is 2.63. The van der Waals surface area contributed by atoms with E-state index in [2.05, 4.69) is 64.3 Å². The summed E-state index contributed by atoms with van der Waals surface area (Å²) in [5.74, 6) is 0. The molecule has 1 N–H and O–H groups in total. The first kappa shape index (κ1) is 13.9. The number of hydrogen-bond donors (Lipinski definition) is 1. The van der Waals surface area contributed by atoms with Gasteiger partial charge < -0.3 is 14.8 Å². The third-order valence-corrected chi connectivity index (χ3v) is 5.31. The van der Waals surface area contributed by atoms with Gasteiger partial charge in [0.2, 0.25) is 0 Å². The predicted molar refractivity (Wildman–Crippen MR) is 91.7 cm³/mol. The van der Waals surface area contributed by atoms with E-state index >= 15 is 0 Å². The van der Waals surface area contributed by atoms with Crippen LogP contribution >= 0.6 is 0 Å². The molecule has 0 unspecified atom stereocenters. The molecule has 2 aliphatic rings. The first-order valence-corrected chi connectivity index (χ1v) is 8.60. The van der Waals surface area contributed by atoms with E-state index in [1.807, 2.05) is 0 Å². The van der Waals surface area contributed by atoms with Crippen molar-refractivity contribution >= 4 is 5.69 Å². The largest absolute Gasteiger partial charge is 0.372 e. The van der Waals surface area contributed by atoms with E-state index in [1.165, 1.54) is 62.4 Å². The fraction of sp³-hybridized carbons (Fsp3) is 0.474. The fourth-order valence-electron chi connectivity index (χ4n) is 4.01. The lowest BCUT2D eigenvalue weighted by atomic mass is 9.82. The summed E-state index contributed by atoms with van der Waals surface area (Å²) in [6.07, 6.45) is 7.19. The van der Waals surface area contributed by atoms with Crippen molar-refractivity contribution in [1.29, 1.82) is 0 Å². The molecule has 1 aromatic heterocycles. The van der Waals surface area contributed by atoms with Crippen molar-refractivity contribution in [3.63, 3.8) is 0 Å². The minimum absolute atomic E-state index is 0.112. The van der Waals surface area contributed by atoms with Crippen molar-refractivity contribution in [1.82, 2.24) is 9.47 Å². The number of likely N-dealkylation sites (tertiary alicyclic amines) is 1. The summed E-state index contributed by atoms with van der Waals surface area (Å²) in [5.41, 5.74) is 4.09. The van der Waals surface area contributed by atoms with Crippen LogP contribution in [0.1, 0.15) is 38.3 Å². The Labute approximate surface area is 132 Å². The van der Waals surface area contributed by atoms with Gasteiger partial charge in [-0.25, -0.2) is 0 Å². The van der Waals surface area contributed by atoms with Crippen LogP contribution in [0.3, 0.4) is 0 Å². The van der Waals surface area contributed by atoms with Crippen molar-refractivity contribution in [3.05, 3.63) is 48.3 Å². The quantitative estimate of drug-likeness (QED) is 0.924. The van der Waals surface area contributed by atoms with Crippen LogP contribution in [0.5, 0.6) is 0 Å². The van der Waals surface area contributed by atoms with E-state index in [-0.39, 0.29) is 5.54 Å². The second-order valence-corrected chi connectivity index (χ2v) is 6.68. The molecule has 22 heavy (non-hydrogen) atoms. The van der Waals surface area contributed by atoms with Crippen molar-refractivity contribution in [2.75, 3.05) is 25.0 Å². The first-order valence-electron chi connectivity index (χ1n) is 8.60. The normalized spacial score (nSPS) is 19.5. The molecule has 0 amide bonds. The number of unbranched alkanes of at least 4 members (excludes halogenated alkanes) is 1. The molecular weight excluding hydrogens is 270 g/mol. The Morgan fingerprint density at radius 2 is 1.91 bits per heavy atom. The standard InChI is InChI=1S/C19H25N3/c1-2-3-12-21-14-10-19(11-15-21)18-9-6-13-22(18)17-8-5-4-7-16(17)20-19/h4-9,13,20H,2-3,10-12,14-15H2,1H3. The summed E-state index contributed by atoms with van der Waals surface area (Å²) < 4.78 is 2.38. The number of fused-ring (bicyclic) bond motifs is 4. The molecule has 2 aliphatic heterocycles. The lowest BCUT2D eigenvalue weighted by Gasteiger charge is -2.46. The van der Waals surface area contributed by atoms with Gasteiger partial charge >= 0.3 is 0 Å². The molecule has 1 saturated heterocycles. The van der Waals surface area contributed by atoms with Gasteiger partial charge in [-0.1, -0.05) is 25.5 Å². The first-order chi connectivity index (χ1) is 10.8. The molecule has 0 radical (unpaired) electrons. The van der Waals surface area contributed by atoms with Gasteiger partial charge in [0.1, 0.15) is 0 Å². The average molecular weight is 295 g/mol. The molecule has 1 aromatic carbocycles. The number of rotatable bonds is 3. The number of benzene rings is 1. The third-order valence-electron chi connectivity index (χ3n) is 5.31. The Morgan fingerprint density at radius 3 is 2.73 bits per heavy atom. The van der Waals surface area contributed by atoms with Crippen LogP contribution in [0.25, 0.3) is 5.69 Å². The Morgan fingerprint density at radius 1 is 1.09 bits per heavy atom. The van der Waals surface area contributed by atoms with Crippen molar-refractivity contribution in [2.24, 2.45) is 0 Å². The Balaban J connectivity index is 1.62. The predicted octanol–water partition coefficient (Wildman–Crippen LogP) is 3.99. The number of aromatic nitrogens is 1. The summed E-state index contributed by atoms with van der Waals surface area (Å²) >= 11 is 0. The maximum Gasteiger partial charge on any atom is 0.0804 e. The molecule has 3 nitrogen and oxygen atoms in total. The summed E-state index contributed by atoms with van der Waals surface area (Å²) in [7, 11) is 0. The van der Waals surface area contributed by atoms with Gasteiger partial charge in [0.05, 0.1) is 16.9 Å². The second-order valence-electron chi connectivity index (χ2n) is 6.68. The van der Waals surface area contributed by atoms with Crippen LogP contribution in [0.4, 0.5) is 5.69 Å². The van der Waals surface area contributed by atoms with Crippen molar-refractivity contribution in [2.45, 2.75) is 38.1 Å². The SMILES string of the molecule is CCCCN1CCC2(CC1)Nc1ccccc1-n1cccc12. The van der Waals surface area contributed by atoms with E-state index in [0.717, 1.165) is 0 Å². The van der Waals surface area contributed by atoms with Gasteiger partial charge in [-0.2, -0.15) is 0 Å².